The van der Waals surface area contributed by atoms with Gasteiger partial charge in [-0.05, 0) is 31.3 Å². The molecule has 2 aromatic rings. The van der Waals surface area contributed by atoms with E-state index in [9.17, 15) is 9.90 Å². The van der Waals surface area contributed by atoms with Crippen LogP contribution in [0.15, 0.2) is 53.5 Å². The molecule has 0 spiro atoms. The van der Waals surface area contributed by atoms with Gasteiger partial charge < -0.3 is 10.0 Å². The van der Waals surface area contributed by atoms with E-state index < -0.39 is 0 Å². The molecule has 0 unspecified atom stereocenters. The lowest BCUT2D eigenvalue weighted by Crippen LogP contribution is -2.46. The molecule has 0 aliphatic carbocycles. The number of hydrogen-bond donors (Lipinski definition) is 1. The van der Waals surface area contributed by atoms with Gasteiger partial charge in [-0.15, -0.1) is 0 Å². The number of benzene rings is 2. The Labute approximate surface area is 148 Å². The first-order chi connectivity index (χ1) is 12.1. The lowest BCUT2D eigenvalue weighted by atomic mass is 10.1. The number of rotatable bonds is 5. The second kappa shape index (κ2) is 8.05. The van der Waals surface area contributed by atoms with Crippen molar-refractivity contribution >= 4 is 17.7 Å². The highest BCUT2D eigenvalue weighted by Gasteiger charge is 2.17. The van der Waals surface area contributed by atoms with Crippen molar-refractivity contribution in [1.29, 1.82) is 0 Å². The number of likely N-dealkylation sites (N-methyl/N-ethyl adjacent to an activating group) is 1. The van der Waals surface area contributed by atoms with E-state index in [1.807, 2.05) is 24.3 Å². The Hall–Kier alpha value is -2.50. The number of Topliss-reactive ketones (excluding diaryl/α,β-unsaturated/α-hetero) is 1. The number of nitrogens with zero attached hydrogens (tertiary/aromatic N) is 3. The molecule has 130 valence electrons. The Kier molecular flexibility index (Phi) is 5.58. The SMILES string of the molecule is CN1CCN(CC(=O)c2cccc(N=Cc3ccccc3O)c2)CC1. The average Bonchev–Trinajstić information content (AvgIpc) is 2.63. The molecule has 0 atom stereocenters. The molecule has 0 aromatic heterocycles. The molecule has 1 N–H and O–H groups in total. The first-order valence-corrected chi connectivity index (χ1v) is 8.48. The Morgan fingerprint density at radius 2 is 1.88 bits per heavy atom. The van der Waals surface area contributed by atoms with Crippen LogP contribution >= 0.6 is 0 Å². The molecule has 1 aliphatic rings. The zero-order valence-electron chi connectivity index (χ0n) is 14.4. The van der Waals surface area contributed by atoms with Crippen molar-refractivity contribution < 1.29 is 9.90 Å². The lowest BCUT2D eigenvalue weighted by Gasteiger charge is -2.31. The highest BCUT2D eigenvalue weighted by atomic mass is 16.3. The average molecular weight is 337 g/mol. The van der Waals surface area contributed by atoms with E-state index in [-0.39, 0.29) is 11.5 Å². The number of phenols is 1. The van der Waals surface area contributed by atoms with Crippen molar-refractivity contribution in [2.45, 2.75) is 0 Å². The smallest absolute Gasteiger partial charge is 0.176 e. The third kappa shape index (κ3) is 4.75. The van der Waals surface area contributed by atoms with Crippen molar-refractivity contribution in [3.8, 4) is 5.75 Å². The fourth-order valence-corrected chi connectivity index (χ4v) is 2.80. The second-order valence-electron chi connectivity index (χ2n) is 6.37. The molecule has 0 amide bonds. The third-order valence-corrected chi connectivity index (χ3v) is 4.42. The number of hydrogen-bond acceptors (Lipinski definition) is 5. The van der Waals surface area contributed by atoms with Gasteiger partial charge in [0.2, 0.25) is 0 Å². The zero-order chi connectivity index (χ0) is 17.6. The van der Waals surface area contributed by atoms with Gasteiger partial charge in [0.1, 0.15) is 5.75 Å². The van der Waals surface area contributed by atoms with Crippen molar-refractivity contribution in [2.24, 2.45) is 4.99 Å². The van der Waals surface area contributed by atoms with Crippen molar-refractivity contribution in [2.75, 3.05) is 39.8 Å². The van der Waals surface area contributed by atoms with Crippen molar-refractivity contribution in [1.82, 2.24) is 9.80 Å². The van der Waals surface area contributed by atoms with Crippen LogP contribution in [0.5, 0.6) is 5.75 Å². The summed E-state index contributed by atoms with van der Waals surface area (Å²) >= 11 is 0. The molecule has 1 fully saturated rings. The summed E-state index contributed by atoms with van der Waals surface area (Å²) in [6.45, 7) is 4.29. The molecule has 1 heterocycles. The molecule has 0 radical (unpaired) electrons. The maximum Gasteiger partial charge on any atom is 0.176 e. The topological polar surface area (TPSA) is 56.1 Å². The van der Waals surface area contributed by atoms with E-state index >= 15 is 0 Å². The number of carbonyl (C=O) groups is 1. The Balaban J connectivity index is 1.66. The summed E-state index contributed by atoms with van der Waals surface area (Å²) in [6.07, 6.45) is 1.61. The van der Waals surface area contributed by atoms with Crippen LogP contribution in [0.4, 0.5) is 5.69 Å². The molecule has 1 aliphatic heterocycles. The predicted molar refractivity (Wildman–Crippen MR) is 100 cm³/mol. The van der Waals surface area contributed by atoms with Crippen LogP contribution in [0, 0.1) is 0 Å². The summed E-state index contributed by atoms with van der Waals surface area (Å²) in [5.74, 6) is 0.303. The van der Waals surface area contributed by atoms with Gasteiger partial charge >= 0.3 is 0 Å². The van der Waals surface area contributed by atoms with Crippen molar-refractivity contribution in [3.05, 3.63) is 59.7 Å². The third-order valence-electron chi connectivity index (χ3n) is 4.42. The van der Waals surface area contributed by atoms with E-state index in [0.29, 0.717) is 23.4 Å². The van der Waals surface area contributed by atoms with Gasteiger partial charge in [-0.2, -0.15) is 0 Å². The first-order valence-electron chi connectivity index (χ1n) is 8.48. The molecule has 2 aromatic carbocycles. The number of aliphatic imine (C=N–C) groups is 1. The van der Waals surface area contributed by atoms with E-state index in [1.165, 1.54) is 0 Å². The summed E-state index contributed by atoms with van der Waals surface area (Å²) in [4.78, 5) is 21.4. The highest BCUT2D eigenvalue weighted by Crippen LogP contribution is 2.18. The molecule has 25 heavy (non-hydrogen) atoms. The Morgan fingerprint density at radius 1 is 1.12 bits per heavy atom. The van der Waals surface area contributed by atoms with Crippen molar-refractivity contribution in [3.63, 3.8) is 0 Å². The summed E-state index contributed by atoms with van der Waals surface area (Å²) in [6, 6.07) is 14.4. The fourth-order valence-electron chi connectivity index (χ4n) is 2.80. The van der Waals surface area contributed by atoms with Crippen LogP contribution < -0.4 is 0 Å². The molecule has 3 rings (SSSR count). The summed E-state index contributed by atoms with van der Waals surface area (Å²) < 4.78 is 0. The van der Waals surface area contributed by atoms with E-state index in [0.717, 1.165) is 26.2 Å². The Morgan fingerprint density at radius 3 is 2.64 bits per heavy atom. The van der Waals surface area contributed by atoms with Gasteiger partial charge in [0.05, 0.1) is 12.2 Å². The van der Waals surface area contributed by atoms with E-state index in [1.54, 1.807) is 30.5 Å². The van der Waals surface area contributed by atoms with Gasteiger partial charge in [0.25, 0.3) is 0 Å². The molecule has 5 heteroatoms. The van der Waals surface area contributed by atoms with Crippen LogP contribution in [0.25, 0.3) is 0 Å². The fraction of sp³-hybridized carbons (Fsp3) is 0.300. The van der Waals surface area contributed by atoms with Gasteiger partial charge in [-0.3, -0.25) is 14.7 Å². The lowest BCUT2D eigenvalue weighted by molar-refractivity contribution is 0.0876. The normalized spacial score (nSPS) is 16.4. The standard InChI is InChI=1S/C20H23N3O2/c1-22-9-11-23(12-10-22)15-20(25)16-6-4-7-18(13-16)21-14-17-5-2-3-8-19(17)24/h2-8,13-14,24H,9-12,15H2,1H3. The molecular weight excluding hydrogens is 314 g/mol. The van der Waals surface area contributed by atoms with Crippen LogP contribution in [-0.4, -0.2) is 66.7 Å². The largest absolute Gasteiger partial charge is 0.507 e. The molecule has 0 saturated carbocycles. The monoisotopic (exact) mass is 337 g/mol. The van der Waals surface area contributed by atoms with Crippen LogP contribution in [0.3, 0.4) is 0 Å². The quantitative estimate of drug-likeness (QED) is 0.673. The minimum absolute atomic E-state index is 0.115. The number of carbonyl (C=O) groups excluding carboxylic acids is 1. The number of aromatic hydroxyl groups is 1. The van der Waals surface area contributed by atoms with Gasteiger partial charge in [-0.1, -0.05) is 24.3 Å². The maximum atomic E-state index is 12.5. The summed E-state index contributed by atoms with van der Waals surface area (Å²) in [5, 5.41) is 9.78. The van der Waals surface area contributed by atoms with Crippen LogP contribution in [0.2, 0.25) is 0 Å². The minimum Gasteiger partial charge on any atom is -0.507 e. The number of para-hydroxylation sites is 1. The molecule has 5 nitrogen and oxygen atoms in total. The van der Waals surface area contributed by atoms with Gasteiger partial charge in [-0.25, -0.2) is 0 Å². The predicted octanol–water partition coefficient (Wildman–Crippen LogP) is 2.57. The molecule has 1 saturated heterocycles. The van der Waals surface area contributed by atoms with Gasteiger partial charge in [0, 0.05) is 43.5 Å². The molecular formula is C20H23N3O2. The van der Waals surface area contributed by atoms with Gasteiger partial charge in [0.15, 0.2) is 5.78 Å². The highest BCUT2D eigenvalue weighted by molar-refractivity contribution is 5.98. The number of phenolic OH excluding ortho intramolecular Hbond substituents is 1. The summed E-state index contributed by atoms with van der Waals surface area (Å²) in [7, 11) is 2.10. The van der Waals surface area contributed by atoms with Crippen LogP contribution in [-0.2, 0) is 0 Å². The second-order valence-corrected chi connectivity index (χ2v) is 6.37. The number of piperazine rings is 1. The van der Waals surface area contributed by atoms with E-state index in [2.05, 4.69) is 21.8 Å². The number of ketones is 1. The van der Waals surface area contributed by atoms with E-state index in [4.69, 9.17) is 0 Å². The molecule has 0 bridgehead atoms. The first kappa shape index (κ1) is 17.3. The zero-order valence-corrected chi connectivity index (χ0v) is 14.4. The maximum absolute atomic E-state index is 12.5. The summed E-state index contributed by atoms with van der Waals surface area (Å²) in [5.41, 5.74) is 2.02. The van der Waals surface area contributed by atoms with Crippen LogP contribution in [0.1, 0.15) is 15.9 Å². The minimum atomic E-state index is 0.115. The Bertz CT molecular complexity index is 765.